The molecule has 0 unspecified atom stereocenters. The minimum absolute atomic E-state index is 0.131. The molecule has 0 saturated heterocycles. The van der Waals surface area contributed by atoms with Gasteiger partial charge < -0.3 is 0 Å². The maximum Gasteiger partial charge on any atom is 0.141 e. The third-order valence-corrected chi connectivity index (χ3v) is 3.83. The van der Waals surface area contributed by atoms with Gasteiger partial charge in [0.05, 0.1) is 0 Å². The van der Waals surface area contributed by atoms with Crippen LogP contribution in [0.15, 0.2) is 46.9 Å². The number of ketones is 1. The molecule has 0 fully saturated rings. The Hall–Kier alpha value is -0.830. The van der Waals surface area contributed by atoms with Crippen molar-refractivity contribution >= 4 is 44.9 Å². The van der Waals surface area contributed by atoms with E-state index in [1.54, 1.807) is 18.2 Å². The molecule has 2 rings (SSSR count). The van der Waals surface area contributed by atoms with Gasteiger partial charge >= 0.3 is 0 Å². The van der Waals surface area contributed by atoms with Crippen molar-refractivity contribution in [3.8, 4) is 0 Å². The standard InChI is InChI=1S/C15H11BrCl2O/c16-12-4-1-10(2-5-12)7-14(19)8-11-3-6-13(17)9-15(11)18/h1-6,9H,7-8H2. The molecule has 0 spiro atoms. The zero-order valence-corrected chi connectivity index (χ0v) is 13.1. The van der Waals surface area contributed by atoms with Crippen LogP contribution < -0.4 is 0 Å². The lowest BCUT2D eigenvalue weighted by Crippen LogP contribution is -2.06. The van der Waals surface area contributed by atoms with E-state index < -0.39 is 0 Å². The predicted octanol–water partition coefficient (Wildman–Crippen LogP) is 5.11. The van der Waals surface area contributed by atoms with Crippen LogP contribution in [0.5, 0.6) is 0 Å². The molecule has 4 heteroatoms. The normalized spacial score (nSPS) is 10.5. The van der Waals surface area contributed by atoms with Crippen LogP contribution in [0.1, 0.15) is 11.1 Å². The molecular weight excluding hydrogens is 347 g/mol. The molecule has 0 aromatic heterocycles. The Bertz CT molecular complexity index is 594. The fraction of sp³-hybridized carbons (Fsp3) is 0.133. The lowest BCUT2D eigenvalue weighted by atomic mass is 10.0. The van der Waals surface area contributed by atoms with Gasteiger partial charge in [0.1, 0.15) is 5.78 Å². The number of Topliss-reactive ketones (excluding diaryl/α,β-unsaturated/α-hetero) is 1. The van der Waals surface area contributed by atoms with Gasteiger partial charge in [0, 0.05) is 27.4 Å². The van der Waals surface area contributed by atoms with Crippen LogP contribution in [0.25, 0.3) is 0 Å². The molecule has 0 heterocycles. The van der Waals surface area contributed by atoms with Crippen molar-refractivity contribution in [3.63, 3.8) is 0 Å². The lowest BCUT2D eigenvalue weighted by molar-refractivity contribution is -0.117. The SMILES string of the molecule is O=C(Cc1ccc(Br)cc1)Cc1ccc(Cl)cc1Cl. The van der Waals surface area contributed by atoms with Crippen LogP contribution in [0.3, 0.4) is 0 Å². The van der Waals surface area contributed by atoms with E-state index in [9.17, 15) is 4.79 Å². The molecule has 0 amide bonds. The number of rotatable bonds is 4. The first kappa shape index (κ1) is 14.6. The summed E-state index contributed by atoms with van der Waals surface area (Å²) in [4.78, 5) is 12.0. The molecule has 0 radical (unpaired) electrons. The van der Waals surface area contributed by atoms with Gasteiger partial charge in [-0.3, -0.25) is 4.79 Å². The first-order valence-corrected chi connectivity index (χ1v) is 7.29. The Labute approximate surface area is 130 Å². The van der Waals surface area contributed by atoms with Crippen molar-refractivity contribution in [1.29, 1.82) is 0 Å². The molecule has 0 aliphatic carbocycles. The average Bonchev–Trinajstić information content (AvgIpc) is 2.36. The van der Waals surface area contributed by atoms with Crippen LogP contribution in [-0.4, -0.2) is 5.78 Å². The summed E-state index contributed by atoms with van der Waals surface area (Å²) >= 11 is 15.2. The van der Waals surface area contributed by atoms with Crippen LogP contribution in [0.2, 0.25) is 10.0 Å². The van der Waals surface area contributed by atoms with Gasteiger partial charge in [-0.05, 0) is 35.4 Å². The van der Waals surface area contributed by atoms with Gasteiger partial charge in [0.2, 0.25) is 0 Å². The van der Waals surface area contributed by atoms with Crippen LogP contribution in [0.4, 0.5) is 0 Å². The summed E-state index contributed by atoms with van der Waals surface area (Å²) in [7, 11) is 0. The predicted molar refractivity (Wildman–Crippen MR) is 83.0 cm³/mol. The van der Waals surface area contributed by atoms with Gasteiger partial charge in [-0.25, -0.2) is 0 Å². The maximum absolute atomic E-state index is 12.0. The quantitative estimate of drug-likeness (QED) is 0.743. The van der Waals surface area contributed by atoms with Crippen molar-refractivity contribution in [2.45, 2.75) is 12.8 Å². The fourth-order valence-corrected chi connectivity index (χ4v) is 2.51. The van der Waals surface area contributed by atoms with Gasteiger partial charge in [-0.2, -0.15) is 0 Å². The third kappa shape index (κ3) is 4.34. The minimum atomic E-state index is 0.131. The molecule has 0 atom stereocenters. The number of carbonyl (C=O) groups excluding carboxylic acids is 1. The first-order valence-electron chi connectivity index (χ1n) is 5.74. The molecule has 19 heavy (non-hydrogen) atoms. The molecule has 98 valence electrons. The number of halogens is 3. The minimum Gasteiger partial charge on any atom is -0.299 e. The largest absolute Gasteiger partial charge is 0.299 e. The van der Waals surface area contributed by atoms with E-state index in [0.29, 0.717) is 22.9 Å². The lowest BCUT2D eigenvalue weighted by Gasteiger charge is -2.05. The zero-order chi connectivity index (χ0) is 13.8. The summed E-state index contributed by atoms with van der Waals surface area (Å²) in [5.41, 5.74) is 1.81. The van der Waals surface area contributed by atoms with Gasteiger partial charge in [0.25, 0.3) is 0 Å². The fourth-order valence-electron chi connectivity index (χ4n) is 1.77. The second-order valence-corrected chi connectivity index (χ2v) is 6.01. The average molecular weight is 358 g/mol. The summed E-state index contributed by atoms with van der Waals surface area (Å²) in [5.74, 6) is 0.131. The van der Waals surface area contributed by atoms with Gasteiger partial charge in [-0.1, -0.05) is 57.3 Å². The number of hydrogen-bond acceptors (Lipinski definition) is 1. The van der Waals surface area contributed by atoms with Crippen molar-refractivity contribution in [1.82, 2.24) is 0 Å². The smallest absolute Gasteiger partial charge is 0.141 e. The van der Waals surface area contributed by atoms with Crippen molar-refractivity contribution in [3.05, 3.63) is 68.1 Å². The van der Waals surface area contributed by atoms with E-state index in [-0.39, 0.29) is 5.78 Å². The number of hydrogen-bond donors (Lipinski definition) is 0. The Morgan fingerprint density at radius 1 is 1.00 bits per heavy atom. The molecule has 2 aromatic rings. The summed E-state index contributed by atoms with van der Waals surface area (Å²) in [6.45, 7) is 0. The highest BCUT2D eigenvalue weighted by atomic mass is 79.9. The van der Waals surface area contributed by atoms with E-state index in [4.69, 9.17) is 23.2 Å². The second kappa shape index (κ2) is 6.56. The van der Waals surface area contributed by atoms with Gasteiger partial charge in [0.15, 0.2) is 0 Å². The van der Waals surface area contributed by atoms with E-state index in [0.717, 1.165) is 15.6 Å². The summed E-state index contributed by atoms with van der Waals surface area (Å²) in [5, 5.41) is 1.12. The molecule has 0 aliphatic rings. The highest BCUT2D eigenvalue weighted by Gasteiger charge is 2.08. The summed E-state index contributed by atoms with van der Waals surface area (Å²) in [6, 6.07) is 12.9. The van der Waals surface area contributed by atoms with E-state index in [2.05, 4.69) is 15.9 Å². The van der Waals surface area contributed by atoms with Crippen LogP contribution >= 0.6 is 39.1 Å². The molecule has 0 saturated carbocycles. The van der Waals surface area contributed by atoms with Gasteiger partial charge in [-0.15, -0.1) is 0 Å². The topological polar surface area (TPSA) is 17.1 Å². The van der Waals surface area contributed by atoms with Crippen molar-refractivity contribution < 1.29 is 4.79 Å². The number of carbonyl (C=O) groups is 1. The molecule has 0 bridgehead atoms. The highest BCUT2D eigenvalue weighted by Crippen LogP contribution is 2.22. The molecule has 0 aliphatic heterocycles. The highest BCUT2D eigenvalue weighted by molar-refractivity contribution is 9.10. The Kier molecular flexibility index (Phi) is 5.03. The number of benzene rings is 2. The van der Waals surface area contributed by atoms with E-state index in [1.807, 2.05) is 24.3 Å². The zero-order valence-electron chi connectivity index (χ0n) is 10.00. The summed E-state index contributed by atoms with van der Waals surface area (Å²) < 4.78 is 1.00. The maximum atomic E-state index is 12.0. The molecule has 0 N–H and O–H groups in total. The molecule has 2 aromatic carbocycles. The third-order valence-electron chi connectivity index (χ3n) is 2.72. The Morgan fingerprint density at radius 3 is 2.32 bits per heavy atom. The van der Waals surface area contributed by atoms with Crippen molar-refractivity contribution in [2.24, 2.45) is 0 Å². The molecular formula is C15H11BrCl2O. The Balaban J connectivity index is 2.03. The Morgan fingerprint density at radius 2 is 1.68 bits per heavy atom. The first-order chi connectivity index (χ1) is 9.04. The summed E-state index contributed by atoms with van der Waals surface area (Å²) in [6.07, 6.45) is 0.734. The molecule has 1 nitrogen and oxygen atoms in total. The van der Waals surface area contributed by atoms with Crippen LogP contribution in [0, 0.1) is 0 Å². The van der Waals surface area contributed by atoms with E-state index >= 15 is 0 Å². The van der Waals surface area contributed by atoms with Crippen molar-refractivity contribution in [2.75, 3.05) is 0 Å². The second-order valence-electron chi connectivity index (χ2n) is 4.25. The van der Waals surface area contributed by atoms with E-state index in [1.165, 1.54) is 0 Å². The monoisotopic (exact) mass is 356 g/mol. The van der Waals surface area contributed by atoms with Crippen LogP contribution in [-0.2, 0) is 17.6 Å².